The third-order valence-electron chi connectivity index (χ3n) is 8.83. The van der Waals surface area contributed by atoms with Gasteiger partial charge in [-0.1, -0.05) is 32.0 Å². The van der Waals surface area contributed by atoms with Gasteiger partial charge < -0.3 is 9.84 Å². The highest BCUT2D eigenvalue weighted by molar-refractivity contribution is 6.25. The molecule has 4 aliphatic carbocycles. The first-order valence-corrected chi connectivity index (χ1v) is 13.6. The fourth-order valence-corrected chi connectivity index (χ4v) is 7.66. The van der Waals surface area contributed by atoms with Gasteiger partial charge in [-0.15, -0.1) is 0 Å². The van der Waals surface area contributed by atoms with Crippen molar-refractivity contribution >= 4 is 23.6 Å². The highest BCUT2D eigenvalue weighted by atomic mass is 16.5. The fourth-order valence-electron chi connectivity index (χ4n) is 7.66. The van der Waals surface area contributed by atoms with Crippen molar-refractivity contribution in [2.24, 2.45) is 28.6 Å². The number of hydrogen-bond acceptors (Lipinski definition) is 6. The van der Waals surface area contributed by atoms with E-state index in [-0.39, 0.29) is 48.5 Å². The van der Waals surface area contributed by atoms with Gasteiger partial charge in [-0.2, -0.15) is 0 Å². The van der Waals surface area contributed by atoms with Crippen molar-refractivity contribution in [2.45, 2.75) is 71.6 Å². The highest BCUT2D eigenvalue weighted by Crippen LogP contribution is 2.60. The molecular formula is C30H37NO6. The molecule has 198 valence electrons. The maximum Gasteiger partial charge on any atom is 0.306 e. The van der Waals surface area contributed by atoms with Gasteiger partial charge in [0.25, 0.3) is 11.8 Å². The molecule has 4 bridgehead atoms. The van der Waals surface area contributed by atoms with Crippen molar-refractivity contribution in [2.75, 3.05) is 13.2 Å². The Morgan fingerprint density at radius 1 is 1.00 bits per heavy atom. The van der Waals surface area contributed by atoms with Crippen LogP contribution < -0.4 is 0 Å². The average Bonchev–Trinajstić information content (AvgIpc) is 2.82. The number of nitrogens with zero attached hydrogens (tertiary/aromatic N) is 1. The predicted molar refractivity (Wildman–Crippen MR) is 136 cm³/mol. The van der Waals surface area contributed by atoms with Gasteiger partial charge in [0, 0.05) is 30.4 Å². The summed E-state index contributed by atoms with van der Waals surface area (Å²) in [6.07, 6.45) is 7.45. The van der Waals surface area contributed by atoms with Crippen molar-refractivity contribution in [1.29, 1.82) is 0 Å². The number of esters is 1. The molecule has 0 aromatic heterocycles. The van der Waals surface area contributed by atoms with Crippen molar-refractivity contribution in [3.05, 3.63) is 47.2 Å². The van der Waals surface area contributed by atoms with Crippen LogP contribution in [0.15, 0.2) is 41.7 Å². The van der Waals surface area contributed by atoms with E-state index in [9.17, 15) is 24.3 Å². The highest BCUT2D eigenvalue weighted by Gasteiger charge is 2.51. The number of likely N-dealkylation sites (tertiary alicyclic amines) is 1. The van der Waals surface area contributed by atoms with Gasteiger partial charge >= 0.3 is 5.97 Å². The third-order valence-corrected chi connectivity index (χ3v) is 8.83. The molecule has 1 heterocycles. The Labute approximate surface area is 218 Å². The van der Waals surface area contributed by atoms with Crippen LogP contribution in [-0.4, -0.2) is 46.7 Å². The first-order chi connectivity index (χ1) is 17.5. The van der Waals surface area contributed by atoms with Crippen LogP contribution in [0.5, 0.6) is 0 Å². The summed E-state index contributed by atoms with van der Waals surface area (Å²) >= 11 is 0. The molecule has 2 amide bonds. The molecule has 0 atom stereocenters. The molecule has 7 nitrogen and oxygen atoms in total. The minimum atomic E-state index is -0.789. The summed E-state index contributed by atoms with van der Waals surface area (Å²) < 4.78 is 5.81. The summed E-state index contributed by atoms with van der Waals surface area (Å²) in [5, 5.41) is 10.9. The Bertz CT molecular complexity index is 1100. The number of aliphatic hydroxyl groups excluding tert-OH is 1. The smallest absolute Gasteiger partial charge is 0.306 e. The normalized spacial score (nSPS) is 30.4. The molecule has 4 saturated carbocycles. The maximum atomic E-state index is 13.1. The summed E-state index contributed by atoms with van der Waals surface area (Å²) in [4.78, 5) is 52.4. The summed E-state index contributed by atoms with van der Waals surface area (Å²) in [5.41, 5.74) is -0.618. The zero-order valence-electron chi connectivity index (χ0n) is 21.8. The molecule has 37 heavy (non-hydrogen) atoms. The lowest BCUT2D eigenvalue weighted by Gasteiger charge is -2.56. The molecule has 1 N–H and O–H groups in total. The van der Waals surface area contributed by atoms with Gasteiger partial charge in [-0.25, -0.2) is 0 Å². The zero-order valence-corrected chi connectivity index (χ0v) is 21.8. The summed E-state index contributed by atoms with van der Waals surface area (Å²) in [6.45, 7) is 4.05. The van der Waals surface area contributed by atoms with Gasteiger partial charge in [0.15, 0.2) is 5.78 Å². The number of ketones is 1. The summed E-state index contributed by atoms with van der Waals surface area (Å²) in [6, 6.07) is 8.38. The largest absolute Gasteiger partial charge is 0.511 e. The molecule has 1 aromatic rings. The maximum absolute atomic E-state index is 13.1. The van der Waals surface area contributed by atoms with Crippen LogP contribution in [0.2, 0.25) is 0 Å². The van der Waals surface area contributed by atoms with E-state index in [1.54, 1.807) is 44.2 Å². The van der Waals surface area contributed by atoms with Crippen LogP contribution >= 0.6 is 0 Å². The number of hydrogen-bond donors (Lipinski definition) is 1. The molecule has 7 heteroatoms. The SMILES string of the molecule is CC(C)(CC(=O)OCC12CC3CC(CC(C3)C1)C2)C/C(O)=C1\C(=O)CCN(C(=O)c2ccccc2)C1=O. The number of aliphatic hydroxyl groups is 1. The number of amides is 2. The lowest BCUT2D eigenvalue weighted by atomic mass is 9.50. The zero-order chi connectivity index (χ0) is 26.4. The number of Topliss-reactive ketones (excluding diaryl/α,β-unsaturated/α-hetero) is 1. The standard InChI is InChI=1S/C30H37NO6/c1-29(2,17-25(34)37-18-30-13-19-10-20(14-30)12-21(11-19)15-30)16-24(33)26-23(32)8-9-31(28(26)36)27(35)22-6-4-3-5-7-22/h3-7,19-21,33H,8-18H2,1-2H3/b26-24-. The number of carbonyl (C=O) groups excluding carboxylic acids is 4. The van der Waals surface area contributed by atoms with Crippen LogP contribution in [0.4, 0.5) is 0 Å². The van der Waals surface area contributed by atoms with E-state index in [0.717, 1.165) is 41.9 Å². The molecule has 1 saturated heterocycles. The van der Waals surface area contributed by atoms with Gasteiger partial charge in [-0.05, 0) is 73.8 Å². The minimum Gasteiger partial charge on any atom is -0.511 e. The molecule has 5 aliphatic rings. The second-order valence-electron chi connectivity index (χ2n) is 12.7. The quantitative estimate of drug-likeness (QED) is 0.183. The van der Waals surface area contributed by atoms with Crippen molar-refractivity contribution in [1.82, 2.24) is 4.90 Å². The Balaban J connectivity index is 1.21. The van der Waals surface area contributed by atoms with Crippen LogP contribution in [0.25, 0.3) is 0 Å². The Hall–Kier alpha value is -2.96. The van der Waals surface area contributed by atoms with E-state index in [1.165, 1.54) is 19.3 Å². The Morgan fingerprint density at radius 2 is 1.59 bits per heavy atom. The van der Waals surface area contributed by atoms with Crippen molar-refractivity contribution in [3.63, 3.8) is 0 Å². The van der Waals surface area contributed by atoms with Crippen LogP contribution in [0, 0.1) is 28.6 Å². The lowest BCUT2D eigenvalue weighted by Crippen LogP contribution is -2.48. The fraction of sp³-hybridized carbons (Fsp3) is 0.600. The number of imide groups is 1. The Kier molecular flexibility index (Phi) is 6.75. The van der Waals surface area contributed by atoms with E-state index in [2.05, 4.69) is 0 Å². The molecule has 5 fully saturated rings. The summed E-state index contributed by atoms with van der Waals surface area (Å²) in [5.74, 6) is -0.129. The number of carbonyl (C=O) groups is 4. The first-order valence-electron chi connectivity index (χ1n) is 13.6. The molecule has 6 rings (SSSR count). The molecule has 1 aromatic carbocycles. The van der Waals surface area contributed by atoms with Crippen molar-refractivity contribution in [3.8, 4) is 0 Å². The van der Waals surface area contributed by atoms with Crippen LogP contribution in [0.3, 0.4) is 0 Å². The van der Waals surface area contributed by atoms with E-state index >= 15 is 0 Å². The van der Waals surface area contributed by atoms with E-state index in [4.69, 9.17) is 4.74 Å². The molecule has 0 spiro atoms. The monoisotopic (exact) mass is 507 g/mol. The molecule has 0 radical (unpaired) electrons. The minimum absolute atomic E-state index is 0.0256. The molecule has 1 aliphatic heterocycles. The van der Waals surface area contributed by atoms with E-state index in [0.29, 0.717) is 12.2 Å². The molecule has 0 unspecified atom stereocenters. The predicted octanol–water partition coefficient (Wildman–Crippen LogP) is 5.01. The summed E-state index contributed by atoms with van der Waals surface area (Å²) in [7, 11) is 0. The van der Waals surface area contributed by atoms with Gasteiger partial charge in [0.1, 0.15) is 11.3 Å². The third kappa shape index (κ3) is 5.36. The van der Waals surface area contributed by atoms with Crippen LogP contribution in [-0.2, 0) is 19.1 Å². The second kappa shape index (κ2) is 9.73. The number of rotatable bonds is 7. The number of ether oxygens (including phenoxy) is 1. The number of benzene rings is 1. The topological polar surface area (TPSA) is 101 Å². The van der Waals surface area contributed by atoms with E-state index < -0.39 is 23.0 Å². The van der Waals surface area contributed by atoms with Gasteiger partial charge in [0.2, 0.25) is 0 Å². The van der Waals surface area contributed by atoms with E-state index in [1.807, 2.05) is 0 Å². The van der Waals surface area contributed by atoms with Gasteiger partial charge in [-0.3, -0.25) is 24.1 Å². The lowest BCUT2D eigenvalue weighted by molar-refractivity contribution is -0.157. The van der Waals surface area contributed by atoms with Crippen molar-refractivity contribution < 1.29 is 29.0 Å². The average molecular weight is 508 g/mol. The molecular weight excluding hydrogens is 470 g/mol. The van der Waals surface area contributed by atoms with Crippen LogP contribution in [0.1, 0.15) is 82.0 Å². The number of piperidine rings is 1. The number of allylic oxidation sites excluding steroid dienone is 1. The second-order valence-corrected chi connectivity index (χ2v) is 12.7. The Morgan fingerprint density at radius 3 is 2.19 bits per heavy atom. The van der Waals surface area contributed by atoms with Gasteiger partial charge in [0.05, 0.1) is 13.0 Å². The first kappa shape index (κ1) is 25.7.